The quantitative estimate of drug-likeness (QED) is 0.461. The Bertz CT molecular complexity index is 440. The van der Waals surface area contributed by atoms with Crippen LogP contribution in [0.2, 0.25) is 0 Å². The normalized spacial score (nSPS) is 9.47. The van der Waals surface area contributed by atoms with Crippen LogP contribution in [-0.2, 0) is 0 Å². The molecule has 0 bridgehead atoms. The Labute approximate surface area is 110 Å². The zero-order chi connectivity index (χ0) is 11.4. The summed E-state index contributed by atoms with van der Waals surface area (Å²) in [5, 5.41) is 9.06. The lowest BCUT2D eigenvalue weighted by Crippen LogP contribution is -2.04. The second-order valence-corrected chi connectivity index (χ2v) is 4.42. The number of hydrogen-bond acceptors (Lipinski definition) is 3. The Morgan fingerprint density at radius 3 is 2.80 bits per heavy atom. The molecule has 0 saturated heterocycles. The number of ketones is 1. The summed E-state index contributed by atoms with van der Waals surface area (Å²) in [6.45, 7) is 0. The lowest BCUT2D eigenvalue weighted by atomic mass is 10.1. The van der Waals surface area contributed by atoms with Crippen LogP contribution in [0.3, 0.4) is 0 Å². The summed E-state index contributed by atoms with van der Waals surface area (Å²) in [5.74, 6) is 0.405. The summed E-state index contributed by atoms with van der Waals surface area (Å²) in [6.07, 6.45) is 0. The first-order valence-corrected chi connectivity index (χ1v) is 6.20. The Morgan fingerprint density at radius 1 is 1.67 bits per heavy atom. The van der Waals surface area contributed by atoms with Gasteiger partial charge >= 0.3 is 0 Å². The molecule has 0 aromatic heterocycles. The van der Waals surface area contributed by atoms with E-state index in [1.165, 1.54) is 7.11 Å². The molecule has 78 valence electrons. The number of nitrogens with zero attached hydrogens (tertiary/aromatic N) is 1. The predicted octanol–water partition coefficient (Wildman–Crippen LogP) is 2.75. The summed E-state index contributed by atoms with van der Waals surface area (Å²) >= 11 is 5.13. The van der Waals surface area contributed by atoms with Gasteiger partial charge in [-0.2, -0.15) is 5.26 Å². The molecule has 1 rings (SSSR count). The van der Waals surface area contributed by atoms with Crippen LogP contribution in [0.5, 0.6) is 5.75 Å². The van der Waals surface area contributed by atoms with E-state index in [2.05, 4.69) is 15.9 Å². The summed E-state index contributed by atoms with van der Waals surface area (Å²) in [7, 11) is 1.50. The first kappa shape index (κ1) is 12.5. The van der Waals surface area contributed by atoms with Gasteiger partial charge < -0.3 is 4.74 Å². The van der Waals surface area contributed by atoms with Gasteiger partial charge in [0.15, 0.2) is 5.78 Å². The van der Waals surface area contributed by atoms with Crippen LogP contribution in [-0.4, -0.2) is 18.2 Å². The third-order valence-corrected chi connectivity index (χ3v) is 3.23. The molecule has 0 fully saturated rings. The van der Waals surface area contributed by atoms with Crippen molar-refractivity contribution >= 4 is 44.3 Å². The highest BCUT2D eigenvalue weighted by Gasteiger charge is 2.14. The minimum atomic E-state index is -0.0975. The standard InChI is InChI=1S/C10H7BrINO2/c1-15-10-3-8(12)6(5-13)2-7(10)9(14)4-11/h2-3H,4H2,1H3. The van der Waals surface area contributed by atoms with Crippen molar-refractivity contribution in [2.75, 3.05) is 12.4 Å². The smallest absolute Gasteiger partial charge is 0.177 e. The van der Waals surface area contributed by atoms with E-state index < -0.39 is 0 Å². The summed E-state index contributed by atoms with van der Waals surface area (Å²) in [6, 6.07) is 5.28. The number of rotatable bonds is 3. The largest absolute Gasteiger partial charge is 0.496 e. The Balaban J connectivity index is 3.36. The zero-order valence-electron chi connectivity index (χ0n) is 7.88. The number of carbonyl (C=O) groups is 1. The maximum Gasteiger partial charge on any atom is 0.177 e. The molecule has 0 saturated carbocycles. The lowest BCUT2D eigenvalue weighted by molar-refractivity contribution is 0.102. The number of Topliss-reactive ketones (excluding diaryl/α,β-unsaturated/α-hetero) is 1. The van der Waals surface area contributed by atoms with Crippen LogP contribution in [0.4, 0.5) is 0 Å². The van der Waals surface area contributed by atoms with E-state index in [1.54, 1.807) is 12.1 Å². The number of benzene rings is 1. The summed E-state index contributed by atoms with van der Waals surface area (Å²) < 4.78 is 5.87. The highest BCUT2D eigenvalue weighted by molar-refractivity contribution is 14.1. The minimum Gasteiger partial charge on any atom is -0.496 e. The minimum absolute atomic E-state index is 0.0975. The average molecular weight is 380 g/mol. The fourth-order valence-corrected chi connectivity index (χ4v) is 1.96. The van der Waals surface area contributed by atoms with Crippen LogP contribution >= 0.6 is 38.5 Å². The van der Waals surface area contributed by atoms with Gasteiger partial charge in [-0.3, -0.25) is 4.79 Å². The molecule has 0 unspecified atom stereocenters. The Hall–Kier alpha value is -0.610. The van der Waals surface area contributed by atoms with Crippen molar-refractivity contribution < 1.29 is 9.53 Å². The molecule has 0 radical (unpaired) electrons. The number of halogens is 2. The molecule has 1 aromatic carbocycles. The summed E-state index contributed by atoms with van der Waals surface area (Å²) in [4.78, 5) is 11.5. The van der Waals surface area contributed by atoms with Crippen molar-refractivity contribution in [3.63, 3.8) is 0 Å². The number of alkyl halides is 1. The molecule has 1 aromatic rings. The van der Waals surface area contributed by atoms with Crippen LogP contribution in [0.1, 0.15) is 15.9 Å². The van der Waals surface area contributed by atoms with Gasteiger partial charge in [-0.25, -0.2) is 0 Å². The van der Waals surface area contributed by atoms with Crippen molar-refractivity contribution in [1.82, 2.24) is 0 Å². The van der Waals surface area contributed by atoms with Crippen LogP contribution in [0.25, 0.3) is 0 Å². The molecular formula is C10H7BrINO2. The van der Waals surface area contributed by atoms with Crippen molar-refractivity contribution in [1.29, 1.82) is 5.26 Å². The van der Waals surface area contributed by atoms with Gasteiger partial charge in [0.2, 0.25) is 0 Å². The SMILES string of the molecule is COc1cc(I)c(C#N)cc1C(=O)CBr. The Morgan fingerprint density at radius 2 is 2.33 bits per heavy atom. The Kier molecular flexibility index (Phi) is 4.54. The number of carbonyl (C=O) groups excluding carboxylic acids is 1. The second-order valence-electron chi connectivity index (χ2n) is 2.70. The molecule has 3 nitrogen and oxygen atoms in total. The third kappa shape index (κ3) is 2.69. The van der Waals surface area contributed by atoms with E-state index in [1.807, 2.05) is 28.7 Å². The molecule has 0 heterocycles. The molecule has 0 amide bonds. The van der Waals surface area contributed by atoms with Crippen molar-refractivity contribution in [2.24, 2.45) is 0 Å². The van der Waals surface area contributed by atoms with Gasteiger partial charge in [-0.05, 0) is 34.7 Å². The van der Waals surface area contributed by atoms with Gasteiger partial charge in [-0.1, -0.05) is 15.9 Å². The fourth-order valence-electron chi connectivity index (χ4n) is 1.10. The van der Waals surface area contributed by atoms with E-state index >= 15 is 0 Å². The monoisotopic (exact) mass is 379 g/mol. The summed E-state index contributed by atoms with van der Waals surface area (Å²) in [5.41, 5.74) is 0.923. The molecule has 0 N–H and O–H groups in total. The van der Waals surface area contributed by atoms with Gasteiger partial charge in [-0.15, -0.1) is 0 Å². The number of methoxy groups -OCH3 is 1. The molecule has 0 aliphatic carbocycles. The van der Waals surface area contributed by atoms with Crippen LogP contribution in [0, 0.1) is 14.9 Å². The number of ether oxygens (including phenoxy) is 1. The highest BCUT2D eigenvalue weighted by Crippen LogP contribution is 2.25. The first-order chi connectivity index (χ1) is 7.13. The highest BCUT2D eigenvalue weighted by atomic mass is 127. The number of hydrogen-bond donors (Lipinski definition) is 0. The zero-order valence-corrected chi connectivity index (χ0v) is 11.6. The second kappa shape index (κ2) is 5.47. The van der Waals surface area contributed by atoms with Crippen molar-refractivity contribution in [3.05, 3.63) is 26.8 Å². The van der Waals surface area contributed by atoms with Gasteiger partial charge in [0.25, 0.3) is 0 Å². The van der Waals surface area contributed by atoms with E-state index in [0.29, 0.717) is 16.9 Å². The average Bonchev–Trinajstić information content (AvgIpc) is 2.27. The topological polar surface area (TPSA) is 50.1 Å². The molecule has 0 aliphatic heterocycles. The van der Waals surface area contributed by atoms with E-state index in [0.717, 1.165) is 3.57 Å². The van der Waals surface area contributed by atoms with Gasteiger partial charge in [0.1, 0.15) is 11.8 Å². The lowest BCUT2D eigenvalue weighted by Gasteiger charge is -2.07. The van der Waals surface area contributed by atoms with E-state index in [9.17, 15) is 4.79 Å². The van der Waals surface area contributed by atoms with E-state index in [4.69, 9.17) is 10.00 Å². The molecule has 5 heteroatoms. The van der Waals surface area contributed by atoms with E-state index in [-0.39, 0.29) is 11.1 Å². The molecule has 0 atom stereocenters. The third-order valence-electron chi connectivity index (χ3n) is 1.83. The first-order valence-electron chi connectivity index (χ1n) is 4.00. The van der Waals surface area contributed by atoms with Gasteiger partial charge in [0, 0.05) is 3.57 Å². The maximum atomic E-state index is 11.5. The molecule has 15 heavy (non-hydrogen) atoms. The van der Waals surface area contributed by atoms with Crippen molar-refractivity contribution in [3.8, 4) is 11.8 Å². The fraction of sp³-hybridized carbons (Fsp3) is 0.200. The molecule has 0 aliphatic rings. The molecular weight excluding hydrogens is 373 g/mol. The molecule has 0 spiro atoms. The van der Waals surface area contributed by atoms with Crippen LogP contribution in [0.15, 0.2) is 12.1 Å². The van der Waals surface area contributed by atoms with Gasteiger partial charge in [0.05, 0.1) is 23.6 Å². The predicted molar refractivity (Wildman–Crippen MR) is 68.6 cm³/mol. The van der Waals surface area contributed by atoms with Crippen molar-refractivity contribution in [2.45, 2.75) is 0 Å². The maximum absolute atomic E-state index is 11.5. The van der Waals surface area contributed by atoms with Crippen LogP contribution < -0.4 is 4.74 Å². The number of nitriles is 1.